The van der Waals surface area contributed by atoms with Crippen LogP contribution in [0.25, 0.3) is 22.4 Å². The van der Waals surface area contributed by atoms with Gasteiger partial charge in [0.25, 0.3) is 0 Å². The van der Waals surface area contributed by atoms with E-state index in [1.54, 1.807) is 13.3 Å². The second-order valence-electron chi connectivity index (χ2n) is 10.9. The lowest BCUT2D eigenvalue weighted by atomic mass is 10.0. The summed E-state index contributed by atoms with van der Waals surface area (Å²) in [5.41, 5.74) is 11.1. The summed E-state index contributed by atoms with van der Waals surface area (Å²) in [7, 11) is 1.57. The number of hydrogen-bond donors (Lipinski definition) is 1. The molecule has 222 valence electrons. The molecule has 0 radical (unpaired) electrons. The van der Waals surface area contributed by atoms with Crippen LogP contribution in [0.2, 0.25) is 0 Å². The highest BCUT2D eigenvalue weighted by Crippen LogP contribution is 2.33. The standard InChI is InChI=1S/C32H39N5O5/c1-22(24-14-12-23(13-15-24)9-8-16-40-20-30(38)42-32(2,3)4)37-19-25(18-34-37)27-17-28(35-36-31(27)33)26-10-6-7-11-29(26)41-21-39-5/h6-7,10-15,17-19,22H,8-9,16,20-21H2,1-5H3,(H2,33,36). The van der Waals surface area contributed by atoms with Crippen LogP contribution in [0.4, 0.5) is 5.82 Å². The molecule has 0 fully saturated rings. The summed E-state index contributed by atoms with van der Waals surface area (Å²) in [5, 5.41) is 13.1. The maximum absolute atomic E-state index is 11.8. The van der Waals surface area contributed by atoms with E-state index in [1.807, 2.05) is 62.0 Å². The number of nitrogens with zero attached hydrogens (tertiary/aromatic N) is 4. The molecule has 42 heavy (non-hydrogen) atoms. The summed E-state index contributed by atoms with van der Waals surface area (Å²) in [6.45, 7) is 8.21. The molecule has 2 heterocycles. The van der Waals surface area contributed by atoms with Crippen molar-refractivity contribution in [3.05, 3.63) is 78.1 Å². The number of benzene rings is 2. The third-order valence-electron chi connectivity index (χ3n) is 6.48. The highest BCUT2D eigenvalue weighted by atomic mass is 16.7. The Morgan fingerprint density at radius 2 is 1.81 bits per heavy atom. The van der Waals surface area contributed by atoms with Gasteiger partial charge < -0.3 is 24.7 Å². The molecule has 1 atom stereocenters. The predicted octanol–water partition coefficient (Wildman–Crippen LogP) is 5.47. The highest BCUT2D eigenvalue weighted by Gasteiger charge is 2.17. The second-order valence-corrected chi connectivity index (χ2v) is 10.9. The zero-order valence-corrected chi connectivity index (χ0v) is 24.9. The second kappa shape index (κ2) is 14.1. The number of carbonyl (C=O) groups excluding carboxylic acids is 1. The molecule has 0 aliphatic carbocycles. The number of rotatable bonds is 13. The van der Waals surface area contributed by atoms with Gasteiger partial charge in [0.05, 0.1) is 17.9 Å². The zero-order chi connectivity index (χ0) is 30.1. The van der Waals surface area contributed by atoms with Gasteiger partial charge in [-0.1, -0.05) is 36.4 Å². The van der Waals surface area contributed by atoms with Crippen molar-refractivity contribution < 1.29 is 23.7 Å². The van der Waals surface area contributed by atoms with Crippen LogP contribution < -0.4 is 10.5 Å². The van der Waals surface area contributed by atoms with E-state index in [9.17, 15) is 4.79 Å². The van der Waals surface area contributed by atoms with Crippen molar-refractivity contribution in [2.24, 2.45) is 0 Å². The molecule has 1 unspecified atom stereocenters. The Morgan fingerprint density at radius 3 is 2.55 bits per heavy atom. The number of anilines is 1. The molecule has 2 N–H and O–H groups in total. The first-order valence-corrected chi connectivity index (χ1v) is 13.9. The van der Waals surface area contributed by atoms with Crippen molar-refractivity contribution in [3.8, 4) is 28.1 Å². The van der Waals surface area contributed by atoms with E-state index in [2.05, 4.69) is 46.5 Å². The molecule has 0 saturated carbocycles. The van der Waals surface area contributed by atoms with Gasteiger partial charge >= 0.3 is 5.97 Å². The van der Waals surface area contributed by atoms with Crippen molar-refractivity contribution in [2.45, 2.75) is 52.2 Å². The molecule has 0 bridgehead atoms. The molecule has 0 aliphatic heterocycles. The Balaban J connectivity index is 1.37. The Hall–Kier alpha value is -4.28. The monoisotopic (exact) mass is 573 g/mol. The van der Waals surface area contributed by atoms with Crippen LogP contribution >= 0.6 is 0 Å². The summed E-state index contributed by atoms with van der Waals surface area (Å²) in [4.78, 5) is 11.8. The van der Waals surface area contributed by atoms with Gasteiger partial charge in [-0.25, -0.2) is 4.79 Å². The van der Waals surface area contributed by atoms with Gasteiger partial charge in [0.1, 0.15) is 18.0 Å². The molecule has 10 heteroatoms. The SMILES string of the molecule is COCOc1ccccc1-c1cc(-c2cnn(C(C)c3ccc(CCCOCC(=O)OC(C)(C)C)cc3)c2)c(N)nn1. The van der Waals surface area contributed by atoms with E-state index in [4.69, 9.17) is 24.7 Å². The number of carbonyl (C=O) groups is 1. The first kappa shape index (κ1) is 30.7. The van der Waals surface area contributed by atoms with E-state index in [1.165, 1.54) is 5.56 Å². The average Bonchev–Trinajstić information content (AvgIpc) is 3.45. The molecule has 2 aromatic heterocycles. The van der Waals surface area contributed by atoms with Gasteiger partial charge in [0.2, 0.25) is 0 Å². The smallest absolute Gasteiger partial charge is 0.332 e. The van der Waals surface area contributed by atoms with Crippen LogP contribution in [-0.4, -0.2) is 58.7 Å². The van der Waals surface area contributed by atoms with E-state index < -0.39 is 5.60 Å². The minimum atomic E-state index is -0.503. The maximum Gasteiger partial charge on any atom is 0.332 e. The summed E-state index contributed by atoms with van der Waals surface area (Å²) in [6.07, 6.45) is 5.41. The maximum atomic E-state index is 11.8. The van der Waals surface area contributed by atoms with Gasteiger partial charge in [0.15, 0.2) is 12.6 Å². The third-order valence-corrected chi connectivity index (χ3v) is 6.48. The van der Waals surface area contributed by atoms with Gasteiger partial charge in [0, 0.05) is 36.6 Å². The van der Waals surface area contributed by atoms with Gasteiger partial charge in [-0.2, -0.15) is 5.10 Å². The summed E-state index contributed by atoms with van der Waals surface area (Å²) >= 11 is 0. The summed E-state index contributed by atoms with van der Waals surface area (Å²) < 4.78 is 23.4. The Bertz CT molecular complexity index is 1460. The van der Waals surface area contributed by atoms with Crippen molar-refractivity contribution in [1.82, 2.24) is 20.0 Å². The zero-order valence-electron chi connectivity index (χ0n) is 24.9. The lowest BCUT2D eigenvalue weighted by Gasteiger charge is -2.19. The first-order valence-electron chi connectivity index (χ1n) is 13.9. The lowest BCUT2D eigenvalue weighted by Crippen LogP contribution is -2.26. The Kier molecular flexibility index (Phi) is 10.3. The van der Waals surface area contributed by atoms with Gasteiger partial charge in [-0.3, -0.25) is 4.68 Å². The van der Waals surface area contributed by atoms with Crippen LogP contribution in [-0.2, 0) is 25.4 Å². The predicted molar refractivity (Wildman–Crippen MR) is 161 cm³/mol. The minimum Gasteiger partial charge on any atom is -0.467 e. The normalized spacial score (nSPS) is 12.2. The number of esters is 1. The van der Waals surface area contributed by atoms with Crippen LogP contribution in [0.15, 0.2) is 67.0 Å². The largest absolute Gasteiger partial charge is 0.467 e. The number of methoxy groups -OCH3 is 1. The van der Waals surface area contributed by atoms with Gasteiger partial charge in [-0.05, 0) is 69.9 Å². The number of aryl methyl sites for hydroxylation is 1. The van der Waals surface area contributed by atoms with Crippen LogP contribution in [0.3, 0.4) is 0 Å². The fourth-order valence-electron chi connectivity index (χ4n) is 4.40. The van der Waals surface area contributed by atoms with Crippen molar-refractivity contribution in [1.29, 1.82) is 0 Å². The average molecular weight is 574 g/mol. The Morgan fingerprint density at radius 1 is 1.05 bits per heavy atom. The minimum absolute atomic E-state index is 0.00335. The quantitative estimate of drug-likeness (QED) is 0.126. The highest BCUT2D eigenvalue weighted by molar-refractivity contribution is 5.78. The Labute approximate surface area is 246 Å². The molecule has 4 aromatic rings. The molecule has 0 amide bonds. The number of nitrogens with two attached hydrogens (primary N) is 1. The molecule has 0 spiro atoms. The molecule has 0 saturated heterocycles. The number of para-hydroxylation sites is 1. The van der Waals surface area contributed by atoms with Crippen LogP contribution in [0.5, 0.6) is 5.75 Å². The summed E-state index contributed by atoms with van der Waals surface area (Å²) in [6, 6.07) is 17.9. The van der Waals surface area contributed by atoms with E-state index >= 15 is 0 Å². The molecule has 4 rings (SSSR count). The number of ether oxygens (including phenoxy) is 4. The van der Waals surface area contributed by atoms with Crippen LogP contribution in [0.1, 0.15) is 51.3 Å². The number of hydrogen-bond acceptors (Lipinski definition) is 9. The van der Waals surface area contributed by atoms with Crippen molar-refractivity contribution in [2.75, 3.05) is 32.9 Å². The molecular formula is C32H39N5O5. The summed E-state index contributed by atoms with van der Waals surface area (Å²) in [5.74, 6) is 0.620. The van der Waals surface area contributed by atoms with E-state index in [-0.39, 0.29) is 25.4 Å². The molecule has 2 aromatic carbocycles. The number of aromatic nitrogens is 4. The lowest BCUT2D eigenvalue weighted by molar-refractivity contribution is -0.160. The van der Waals surface area contributed by atoms with Crippen molar-refractivity contribution in [3.63, 3.8) is 0 Å². The van der Waals surface area contributed by atoms with E-state index in [0.29, 0.717) is 23.9 Å². The van der Waals surface area contributed by atoms with Crippen molar-refractivity contribution >= 4 is 11.8 Å². The van der Waals surface area contributed by atoms with E-state index in [0.717, 1.165) is 35.1 Å². The number of nitrogen functional groups attached to an aromatic ring is 1. The van der Waals surface area contributed by atoms with Gasteiger partial charge in [-0.15, -0.1) is 10.2 Å². The fourth-order valence-corrected chi connectivity index (χ4v) is 4.40. The molecule has 10 nitrogen and oxygen atoms in total. The van der Waals surface area contributed by atoms with Crippen LogP contribution in [0, 0.1) is 0 Å². The third kappa shape index (κ3) is 8.37. The molecular weight excluding hydrogens is 534 g/mol. The first-order chi connectivity index (χ1) is 20.1. The fraction of sp³-hybridized carbons (Fsp3) is 0.375. The topological polar surface area (TPSA) is 124 Å². The molecule has 0 aliphatic rings.